The van der Waals surface area contributed by atoms with Gasteiger partial charge in [0.05, 0.1) is 10.7 Å². The Kier molecular flexibility index (Phi) is 4.78. The molecule has 0 saturated carbocycles. The van der Waals surface area contributed by atoms with Gasteiger partial charge < -0.3 is 5.32 Å². The normalized spacial score (nSPS) is 10.7. The van der Waals surface area contributed by atoms with Crippen LogP contribution in [0.2, 0.25) is 10.0 Å². The summed E-state index contributed by atoms with van der Waals surface area (Å²) in [5, 5.41) is 3.95. The Morgan fingerprint density at radius 3 is 2.70 bits per heavy atom. The summed E-state index contributed by atoms with van der Waals surface area (Å²) >= 11 is 12.1. The predicted octanol–water partition coefficient (Wildman–Crippen LogP) is 4.72. The average molecular weight is 314 g/mol. The molecule has 6 heteroatoms. The maximum atomic E-state index is 14.0. The van der Waals surface area contributed by atoms with Crippen molar-refractivity contribution in [2.45, 2.75) is 20.3 Å². The van der Waals surface area contributed by atoms with Crippen LogP contribution in [0, 0.1) is 12.7 Å². The highest BCUT2D eigenvalue weighted by molar-refractivity contribution is 6.35. The largest absolute Gasteiger partial charge is 0.368 e. The van der Waals surface area contributed by atoms with E-state index in [1.54, 1.807) is 25.1 Å². The number of benzene rings is 1. The number of hydrogen-bond acceptors (Lipinski definition) is 3. The van der Waals surface area contributed by atoms with Crippen LogP contribution in [0.5, 0.6) is 0 Å². The van der Waals surface area contributed by atoms with Gasteiger partial charge in [-0.05, 0) is 31.5 Å². The third-order valence-electron chi connectivity index (χ3n) is 2.73. The van der Waals surface area contributed by atoms with E-state index in [0.717, 1.165) is 6.42 Å². The number of nitrogens with one attached hydrogen (secondary N) is 1. The summed E-state index contributed by atoms with van der Waals surface area (Å²) in [6.07, 6.45) is 0.871. The van der Waals surface area contributed by atoms with E-state index < -0.39 is 5.82 Å². The minimum absolute atomic E-state index is 0.186. The number of aromatic nitrogens is 2. The second kappa shape index (κ2) is 6.37. The van der Waals surface area contributed by atoms with Crippen molar-refractivity contribution in [2.75, 3.05) is 11.9 Å². The Labute approximate surface area is 127 Å². The maximum absolute atomic E-state index is 14.0. The van der Waals surface area contributed by atoms with E-state index >= 15 is 0 Å². The summed E-state index contributed by atoms with van der Waals surface area (Å²) in [4.78, 5) is 8.35. The predicted molar refractivity (Wildman–Crippen MR) is 81.0 cm³/mol. The lowest BCUT2D eigenvalue weighted by Gasteiger charge is -2.10. The zero-order valence-electron chi connectivity index (χ0n) is 11.2. The molecule has 0 bridgehead atoms. The molecular weight excluding hydrogens is 300 g/mol. The van der Waals surface area contributed by atoms with Crippen molar-refractivity contribution in [1.29, 1.82) is 0 Å². The van der Waals surface area contributed by atoms with Crippen molar-refractivity contribution >= 4 is 29.0 Å². The van der Waals surface area contributed by atoms with Gasteiger partial charge in [0, 0.05) is 17.1 Å². The summed E-state index contributed by atoms with van der Waals surface area (Å²) in [6.45, 7) is 4.22. The zero-order chi connectivity index (χ0) is 14.7. The molecule has 0 aliphatic carbocycles. The number of anilines is 1. The molecule has 0 aliphatic heterocycles. The molecule has 0 saturated heterocycles. The average Bonchev–Trinajstić information content (AvgIpc) is 2.43. The number of rotatable bonds is 4. The summed E-state index contributed by atoms with van der Waals surface area (Å²) < 4.78 is 14.0. The summed E-state index contributed by atoms with van der Waals surface area (Å²) in [5.41, 5.74) is 0.853. The van der Waals surface area contributed by atoms with Crippen LogP contribution in [0.3, 0.4) is 0 Å². The van der Waals surface area contributed by atoms with Crippen LogP contribution in [0.1, 0.15) is 19.0 Å². The van der Waals surface area contributed by atoms with Crippen LogP contribution in [0.25, 0.3) is 11.4 Å². The van der Waals surface area contributed by atoms with Crippen LogP contribution < -0.4 is 5.32 Å². The fraction of sp³-hybridized carbons (Fsp3) is 0.286. The second-order valence-electron chi connectivity index (χ2n) is 4.35. The lowest BCUT2D eigenvalue weighted by atomic mass is 10.2. The van der Waals surface area contributed by atoms with Gasteiger partial charge in [0.25, 0.3) is 0 Å². The van der Waals surface area contributed by atoms with E-state index in [4.69, 9.17) is 23.2 Å². The first-order chi connectivity index (χ1) is 9.52. The Balaban J connectivity index is 2.51. The highest BCUT2D eigenvalue weighted by Crippen LogP contribution is 2.30. The fourth-order valence-corrected chi connectivity index (χ4v) is 2.08. The molecule has 2 aromatic rings. The Bertz CT molecular complexity index is 632. The molecule has 106 valence electrons. The number of halogens is 3. The Morgan fingerprint density at radius 2 is 2.00 bits per heavy atom. The highest BCUT2D eigenvalue weighted by atomic mass is 35.5. The molecule has 0 atom stereocenters. The van der Waals surface area contributed by atoms with Crippen LogP contribution in [0.15, 0.2) is 18.2 Å². The van der Waals surface area contributed by atoms with Gasteiger partial charge in [-0.15, -0.1) is 0 Å². The van der Waals surface area contributed by atoms with Crippen molar-refractivity contribution in [2.24, 2.45) is 0 Å². The minimum Gasteiger partial charge on any atom is -0.368 e. The molecule has 1 aromatic carbocycles. The first-order valence-corrected chi connectivity index (χ1v) is 7.02. The molecule has 0 unspecified atom stereocenters. The molecule has 0 fully saturated rings. The molecular formula is C14H14Cl2FN3. The minimum atomic E-state index is -0.444. The van der Waals surface area contributed by atoms with Gasteiger partial charge in [-0.1, -0.05) is 30.1 Å². The van der Waals surface area contributed by atoms with Gasteiger partial charge in [0.1, 0.15) is 0 Å². The molecule has 0 amide bonds. The molecule has 1 aromatic heterocycles. The van der Waals surface area contributed by atoms with Crippen molar-refractivity contribution in [3.05, 3.63) is 39.8 Å². The van der Waals surface area contributed by atoms with E-state index in [1.165, 1.54) is 0 Å². The van der Waals surface area contributed by atoms with Gasteiger partial charge >= 0.3 is 0 Å². The van der Waals surface area contributed by atoms with Crippen LogP contribution in [-0.4, -0.2) is 16.5 Å². The monoisotopic (exact) mass is 313 g/mol. The van der Waals surface area contributed by atoms with Gasteiger partial charge in [0.15, 0.2) is 17.5 Å². The summed E-state index contributed by atoms with van der Waals surface area (Å²) in [7, 11) is 0. The molecule has 2 rings (SSSR count). The van der Waals surface area contributed by atoms with Crippen molar-refractivity contribution < 1.29 is 4.39 Å². The quantitative estimate of drug-likeness (QED) is 0.887. The van der Waals surface area contributed by atoms with E-state index in [0.29, 0.717) is 28.0 Å². The van der Waals surface area contributed by atoms with E-state index in [9.17, 15) is 4.39 Å². The zero-order valence-corrected chi connectivity index (χ0v) is 12.7. The molecule has 0 spiro atoms. The smallest absolute Gasteiger partial charge is 0.186 e. The first kappa shape index (κ1) is 15.0. The Hall–Kier alpha value is -1.39. The van der Waals surface area contributed by atoms with E-state index in [1.807, 2.05) is 6.92 Å². The molecule has 20 heavy (non-hydrogen) atoms. The van der Waals surface area contributed by atoms with Crippen LogP contribution >= 0.6 is 23.2 Å². The number of nitrogens with zero attached hydrogens (tertiary/aromatic N) is 2. The van der Waals surface area contributed by atoms with Gasteiger partial charge in [-0.3, -0.25) is 0 Å². The topological polar surface area (TPSA) is 37.8 Å². The standard InChI is InChI=1S/C14H14Cl2FN3/c1-3-6-18-14-12(17)8(2)19-13(20-14)10-7-9(15)4-5-11(10)16/h4-5,7H,3,6H2,1-2H3,(H,18,19,20). The highest BCUT2D eigenvalue weighted by Gasteiger charge is 2.14. The van der Waals surface area contributed by atoms with Gasteiger partial charge in [-0.2, -0.15) is 0 Å². The van der Waals surface area contributed by atoms with E-state index in [2.05, 4.69) is 15.3 Å². The van der Waals surface area contributed by atoms with Crippen molar-refractivity contribution in [3.8, 4) is 11.4 Å². The number of hydrogen-bond donors (Lipinski definition) is 1. The molecule has 1 N–H and O–H groups in total. The van der Waals surface area contributed by atoms with Crippen molar-refractivity contribution in [3.63, 3.8) is 0 Å². The Morgan fingerprint density at radius 1 is 1.25 bits per heavy atom. The third kappa shape index (κ3) is 3.19. The lowest BCUT2D eigenvalue weighted by Crippen LogP contribution is -2.08. The fourth-order valence-electron chi connectivity index (χ4n) is 1.71. The second-order valence-corrected chi connectivity index (χ2v) is 5.19. The summed E-state index contributed by atoms with van der Waals surface area (Å²) in [5.74, 6) is 0.0979. The molecule has 0 aliphatic rings. The summed E-state index contributed by atoms with van der Waals surface area (Å²) in [6, 6.07) is 5.01. The van der Waals surface area contributed by atoms with E-state index in [-0.39, 0.29) is 11.5 Å². The van der Waals surface area contributed by atoms with Gasteiger partial charge in [0.2, 0.25) is 0 Å². The first-order valence-electron chi connectivity index (χ1n) is 6.26. The van der Waals surface area contributed by atoms with Crippen molar-refractivity contribution in [1.82, 2.24) is 9.97 Å². The van der Waals surface area contributed by atoms with Crippen LogP contribution in [0.4, 0.5) is 10.2 Å². The van der Waals surface area contributed by atoms with Gasteiger partial charge in [-0.25, -0.2) is 14.4 Å². The molecule has 1 heterocycles. The third-order valence-corrected chi connectivity index (χ3v) is 3.29. The lowest BCUT2D eigenvalue weighted by molar-refractivity contribution is 0.605. The van der Waals surface area contributed by atoms with Crippen LogP contribution in [-0.2, 0) is 0 Å². The maximum Gasteiger partial charge on any atom is 0.186 e. The molecule has 3 nitrogen and oxygen atoms in total. The SMILES string of the molecule is CCCNc1nc(-c2cc(Cl)ccc2Cl)nc(C)c1F. The number of aryl methyl sites for hydroxylation is 1. The molecule has 0 radical (unpaired) electrons.